The Morgan fingerprint density at radius 2 is 1.79 bits per heavy atom. The van der Waals surface area contributed by atoms with Crippen molar-refractivity contribution in [2.45, 2.75) is 18.5 Å². The molecule has 0 spiro atoms. The van der Waals surface area contributed by atoms with Gasteiger partial charge in [-0.15, -0.1) is 5.10 Å². The molecule has 0 aliphatic carbocycles. The van der Waals surface area contributed by atoms with Gasteiger partial charge in [-0.3, -0.25) is 4.72 Å². The molecule has 1 aliphatic heterocycles. The fourth-order valence-corrected chi connectivity index (χ4v) is 3.95. The van der Waals surface area contributed by atoms with E-state index in [1.54, 1.807) is 11.8 Å². The summed E-state index contributed by atoms with van der Waals surface area (Å²) >= 11 is 6.03. The Labute approximate surface area is 173 Å². The Hall–Kier alpha value is -2.78. The predicted molar refractivity (Wildman–Crippen MR) is 112 cm³/mol. The molecule has 0 saturated heterocycles. The van der Waals surface area contributed by atoms with Gasteiger partial charge in [-0.2, -0.15) is 4.98 Å². The van der Waals surface area contributed by atoms with Crippen molar-refractivity contribution in [2.24, 2.45) is 0 Å². The fourth-order valence-electron chi connectivity index (χ4n) is 3.40. The Balaban J connectivity index is 1.74. The first-order valence-corrected chi connectivity index (χ1v) is 11.2. The van der Waals surface area contributed by atoms with Gasteiger partial charge in [-0.1, -0.05) is 35.9 Å². The molecule has 0 unspecified atom stereocenters. The number of hydrogen-bond donors (Lipinski definition) is 2. The molecule has 2 aromatic carbocycles. The lowest BCUT2D eigenvalue weighted by Gasteiger charge is -2.31. The van der Waals surface area contributed by atoms with E-state index in [1.807, 2.05) is 48.5 Å². The predicted octanol–water partition coefficient (Wildman–Crippen LogP) is 3.46. The summed E-state index contributed by atoms with van der Waals surface area (Å²) in [6.07, 6.45) is 1.76. The van der Waals surface area contributed by atoms with Crippen molar-refractivity contribution in [2.75, 3.05) is 23.4 Å². The topological polar surface area (TPSA) is 98.1 Å². The van der Waals surface area contributed by atoms with Gasteiger partial charge in [0.05, 0.1) is 25.4 Å². The van der Waals surface area contributed by atoms with Crippen molar-refractivity contribution < 1.29 is 13.2 Å². The average molecular weight is 434 g/mol. The highest BCUT2D eigenvalue weighted by Crippen LogP contribution is 2.38. The number of aromatic nitrogens is 3. The summed E-state index contributed by atoms with van der Waals surface area (Å²) in [6.45, 7) is 0. The van der Waals surface area contributed by atoms with Crippen molar-refractivity contribution in [3.05, 3.63) is 64.7 Å². The van der Waals surface area contributed by atoms with Gasteiger partial charge in [0.15, 0.2) is 0 Å². The maximum atomic E-state index is 11.6. The molecule has 0 amide bonds. The summed E-state index contributed by atoms with van der Waals surface area (Å²) in [5.74, 6) is 1.28. The maximum absolute atomic E-state index is 11.6. The first-order valence-electron chi connectivity index (χ1n) is 8.92. The number of hydrogen-bond acceptors (Lipinski definition) is 6. The molecule has 4 rings (SSSR count). The summed E-state index contributed by atoms with van der Waals surface area (Å²) in [5, 5.41) is 8.39. The number of anilines is 2. The molecule has 2 atom stereocenters. The number of fused-ring (bicyclic) bond motifs is 1. The molecule has 8 nitrogen and oxygen atoms in total. The van der Waals surface area contributed by atoms with Crippen LogP contribution in [0.3, 0.4) is 0 Å². The lowest BCUT2D eigenvalue weighted by atomic mass is 9.93. The highest BCUT2D eigenvalue weighted by molar-refractivity contribution is 7.91. The van der Waals surface area contributed by atoms with Crippen LogP contribution in [0, 0.1) is 0 Å². The molecule has 0 radical (unpaired) electrons. The second kappa shape index (κ2) is 7.57. The summed E-state index contributed by atoms with van der Waals surface area (Å²) in [4.78, 5) is 4.34. The van der Waals surface area contributed by atoms with E-state index >= 15 is 0 Å². The molecule has 10 heteroatoms. The Morgan fingerprint density at radius 3 is 2.41 bits per heavy atom. The van der Waals surface area contributed by atoms with Crippen molar-refractivity contribution >= 4 is 33.5 Å². The monoisotopic (exact) mass is 433 g/mol. The molecule has 0 saturated carbocycles. The van der Waals surface area contributed by atoms with Gasteiger partial charge in [0.25, 0.3) is 5.95 Å². The third kappa shape index (κ3) is 4.30. The maximum Gasteiger partial charge on any atom is 0.257 e. The van der Waals surface area contributed by atoms with E-state index in [0.29, 0.717) is 17.4 Å². The average Bonchev–Trinajstić information content (AvgIpc) is 3.08. The van der Waals surface area contributed by atoms with E-state index < -0.39 is 10.0 Å². The zero-order valence-corrected chi connectivity index (χ0v) is 17.4. The lowest BCUT2D eigenvalue weighted by Crippen LogP contribution is -2.28. The summed E-state index contributed by atoms with van der Waals surface area (Å²) in [6, 6.07) is 15.2. The first-order chi connectivity index (χ1) is 13.8. The lowest BCUT2D eigenvalue weighted by molar-refractivity contribution is 0.411. The number of ether oxygens (including phenoxy) is 1. The van der Waals surface area contributed by atoms with Crippen LogP contribution >= 0.6 is 11.6 Å². The zero-order chi connectivity index (χ0) is 20.6. The Bertz CT molecular complexity index is 1110. The quantitative estimate of drug-likeness (QED) is 0.639. The van der Waals surface area contributed by atoms with Crippen molar-refractivity contribution in [1.82, 2.24) is 14.8 Å². The minimum absolute atomic E-state index is 0.0327. The van der Waals surface area contributed by atoms with E-state index in [2.05, 4.69) is 20.1 Å². The minimum Gasteiger partial charge on any atom is -0.497 e. The standard InChI is InChI=1S/C19H20ClN5O3S/c1-28-15-9-5-13(6-10-15)17-11-16(12-3-7-14(20)8-4-12)21-19-22-18(23-25(17)19)24-29(2,26)27/h3-10,16-17H,11H2,1-2H3,(H2,21,22,23,24)/t16-,17+/m1/s1. The molecule has 3 aromatic rings. The van der Waals surface area contributed by atoms with Crippen molar-refractivity contribution in [3.8, 4) is 5.75 Å². The molecule has 29 heavy (non-hydrogen) atoms. The van der Waals surface area contributed by atoms with E-state index in [4.69, 9.17) is 16.3 Å². The van der Waals surface area contributed by atoms with Gasteiger partial charge in [-0.05, 0) is 41.8 Å². The van der Waals surface area contributed by atoms with Crippen molar-refractivity contribution in [1.29, 1.82) is 0 Å². The third-order valence-corrected chi connectivity index (χ3v) is 5.54. The van der Waals surface area contributed by atoms with Gasteiger partial charge >= 0.3 is 0 Å². The highest BCUT2D eigenvalue weighted by atomic mass is 35.5. The van der Waals surface area contributed by atoms with E-state index in [1.165, 1.54) is 0 Å². The number of nitrogens with zero attached hydrogens (tertiary/aromatic N) is 3. The number of methoxy groups -OCH3 is 1. The minimum atomic E-state index is -3.49. The van der Waals surface area contributed by atoms with Crippen LogP contribution in [0.2, 0.25) is 5.02 Å². The van der Waals surface area contributed by atoms with Crippen molar-refractivity contribution in [3.63, 3.8) is 0 Å². The largest absolute Gasteiger partial charge is 0.497 e. The van der Waals surface area contributed by atoms with Gasteiger partial charge in [0.2, 0.25) is 16.0 Å². The Morgan fingerprint density at radius 1 is 1.14 bits per heavy atom. The van der Waals surface area contributed by atoms with Crippen LogP contribution in [0.5, 0.6) is 5.75 Å². The summed E-state index contributed by atoms with van der Waals surface area (Å²) < 4.78 is 32.5. The van der Waals surface area contributed by atoms with Crippen LogP contribution in [0.1, 0.15) is 29.6 Å². The second-order valence-electron chi connectivity index (χ2n) is 6.85. The second-order valence-corrected chi connectivity index (χ2v) is 9.04. The van der Waals surface area contributed by atoms with E-state index in [9.17, 15) is 8.42 Å². The molecular formula is C19H20ClN5O3S. The first kappa shape index (κ1) is 19.5. The molecule has 1 aliphatic rings. The SMILES string of the molecule is COc1ccc([C@@H]2C[C@H](c3ccc(Cl)cc3)Nc3nc(NS(C)(=O)=O)nn32)cc1. The van der Waals surface area contributed by atoms with Gasteiger partial charge in [0, 0.05) is 5.02 Å². The summed E-state index contributed by atoms with van der Waals surface area (Å²) in [7, 11) is -1.87. The van der Waals surface area contributed by atoms with E-state index in [-0.39, 0.29) is 18.0 Å². The molecule has 2 heterocycles. The van der Waals surface area contributed by atoms with Crippen LogP contribution < -0.4 is 14.8 Å². The summed E-state index contributed by atoms with van der Waals surface area (Å²) in [5.41, 5.74) is 2.07. The Kier molecular flexibility index (Phi) is 5.10. The molecular weight excluding hydrogens is 414 g/mol. The number of nitrogens with one attached hydrogen (secondary N) is 2. The number of sulfonamides is 1. The van der Waals surface area contributed by atoms with Crippen LogP contribution in [0.15, 0.2) is 48.5 Å². The van der Waals surface area contributed by atoms with E-state index in [0.717, 1.165) is 23.1 Å². The molecule has 0 bridgehead atoms. The molecule has 0 fully saturated rings. The molecule has 1 aromatic heterocycles. The number of halogens is 1. The van der Waals surface area contributed by atoms with Crippen LogP contribution in [0.4, 0.5) is 11.9 Å². The van der Waals surface area contributed by atoms with Crippen LogP contribution in [-0.4, -0.2) is 36.5 Å². The molecule has 152 valence electrons. The normalized spacial score (nSPS) is 18.6. The fraction of sp³-hybridized carbons (Fsp3) is 0.263. The van der Waals surface area contributed by atoms with Crippen LogP contribution in [0.25, 0.3) is 0 Å². The molecule has 2 N–H and O–H groups in total. The van der Waals surface area contributed by atoms with Gasteiger partial charge < -0.3 is 10.1 Å². The third-order valence-electron chi connectivity index (χ3n) is 4.74. The number of benzene rings is 2. The number of rotatable bonds is 5. The van der Waals surface area contributed by atoms with Gasteiger partial charge in [-0.25, -0.2) is 13.1 Å². The van der Waals surface area contributed by atoms with Gasteiger partial charge in [0.1, 0.15) is 5.75 Å². The van der Waals surface area contributed by atoms with Crippen LogP contribution in [-0.2, 0) is 10.0 Å². The smallest absolute Gasteiger partial charge is 0.257 e. The highest BCUT2D eigenvalue weighted by Gasteiger charge is 2.31. The zero-order valence-electron chi connectivity index (χ0n) is 15.8.